The van der Waals surface area contributed by atoms with E-state index in [0.29, 0.717) is 45.6 Å². The van der Waals surface area contributed by atoms with Gasteiger partial charge in [0, 0.05) is 21.8 Å². The van der Waals surface area contributed by atoms with Gasteiger partial charge in [0.1, 0.15) is 17.2 Å². The summed E-state index contributed by atoms with van der Waals surface area (Å²) in [4.78, 5) is 39.4. The largest absolute Gasteiger partial charge is 0.495 e. The predicted octanol–water partition coefficient (Wildman–Crippen LogP) is 6.89. The quantitative estimate of drug-likeness (QED) is 0.118. The monoisotopic (exact) mass is 615 g/mol. The highest BCUT2D eigenvalue weighted by Gasteiger charge is 2.15. The lowest BCUT2D eigenvalue weighted by atomic mass is 10.1. The SMILES string of the molecule is CCOc1ccc(/C=C(\NC(=O)c2ccccc2)C(=O)Nc2ccc(SCC(=O)Nc3ccc(OC)c(Cl)c3)cc2)cc1. The molecule has 8 nitrogen and oxygen atoms in total. The second-order valence-corrected chi connectivity index (χ2v) is 10.5. The number of carbonyl (C=O) groups is 3. The van der Waals surface area contributed by atoms with Crippen LogP contribution in [0.3, 0.4) is 0 Å². The predicted molar refractivity (Wildman–Crippen MR) is 172 cm³/mol. The third-order valence-corrected chi connectivity index (χ3v) is 7.26. The number of halogens is 1. The molecule has 4 aromatic rings. The minimum Gasteiger partial charge on any atom is -0.495 e. The fraction of sp³-hybridized carbons (Fsp3) is 0.121. The van der Waals surface area contributed by atoms with Crippen LogP contribution in [0.1, 0.15) is 22.8 Å². The molecule has 0 heterocycles. The summed E-state index contributed by atoms with van der Waals surface area (Å²) in [5.41, 5.74) is 2.31. The van der Waals surface area contributed by atoms with Crippen molar-refractivity contribution in [1.29, 1.82) is 0 Å². The van der Waals surface area contributed by atoms with Crippen LogP contribution in [0.15, 0.2) is 108 Å². The van der Waals surface area contributed by atoms with E-state index in [-0.39, 0.29) is 17.4 Å². The minimum atomic E-state index is -0.490. The van der Waals surface area contributed by atoms with Crippen LogP contribution in [-0.2, 0) is 9.59 Å². The maximum atomic E-state index is 13.3. The molecule has 0 aliphatic carbocycles. The molecule has 0 atom stereocenters. The number of hydrogen-bond acceptors (Lipinski definition) is 6. The molecule has 43 heavy (non-hydrogen) atoms. The molecule has 0 aromatic heterocycles. The topological polar surface area (TPSA) is 106 Å². The van der Waals surface area contributed by atoms with Gasteiger partial charge in [-0.2, -0.15) is 0 Å². The fourth-order valence-electron chi connectivity index (χ4n) is 3.86. The van der Waals surface area contributed by atoms with Crippen LogP contribution in [-0.4, -0.2) is 37.2 Å². The van der Waals surface area contributed by atoms with E-state index in [4.69, 9.17) is 21.1 Å². The summed E-state index contributed by atoms with van der Waals surface area (Å²) in [6, 6.07) is 28.0. The van der Waals surface area contributed by atoms with E-state index >= 15 is 0 Å². The number of nitrogens with one attached hydrogen (secondary N) is 3. The minimum absolute atomic E-state index is 0.0757. The van der Waals surface area contributed by atoms with E-state index in [1.807, 2.05) is 13.0 Å². The van der Waals surface area contributed by atoms with Gasteiger partial charge < -0.3 is 25.4 Å². The van der Waals surface area contributed by atoms with Crippen LogP contribution >= 0.6 is 23.4 Å². The zero-order chi connectivity index (χ0) is 30.6. The number of ether oxygens (including phenoxy) is 2. The maximum absolute atomic E-state index is 13.3. The van der Waals surface area contributed by atoms with E-state index in [1.54, 1.807) is 97.1 Å². The Morgan fingerprint density at radius 3 is 2.21 bits per heavy atom. The average Bonchev–Trinajstić information content (AvgIpc) is 3.02. The maximum Gasteiger partial charge on any atom is 0.272 e. The third kappa shape index (κ3) is 9.39. The van der Waals surface area contributed by atoms with Crippen molar-refractivity contribution in [2.75, 3.05) is 30.1 Å². The number of methoxy groups -OCH3 is 1. The molecule has 10 heteroatoms. The van der Waals surface area contributed by atoms with E-state index in [9.17, 15) is 14.4 Å². The zero-order valence-electron chi connectivity index (χ0n) is 23.6. The highest BCUT2D eigenvalue weighted by Crippen LogP contribution is 2.28. The normalized spacial score (nSPS) is 10.9. The number of hydrogen-bond donors (Lipinski definition) is 3. The molecule has 0 aliphatic heterocycles. The summed E-state index contributed by atoms with van der Waals surface area (Å²) in [5.74, 6) is 0.321. The first-order valence-electron chi connectivity index (χ1n) is 13.3. The van der Waals surface area contributed by atoms with Crippen LogP contribution < -0.4 is 25.4 Å². The smallest absolute Gasteiger partial charge is 0.272 e. The number of amides is 3. The van der Waals surface area contributed by atoms with Crippen LogP contribution in [0.25, 0.3) is 6.08 Å². The molecule has 0 aliphatic rings. The molecule has 4 aromatic carbocycles. The molecular formula is C33H30ClN3O5S. The van der Waals surface area contributed by atoms with Crippen molar-refractivity contribution in [3.8, 4) is 11.5 Å². The molecule has 0 bridgehead atoms. The van der Waals surface area contributed by atoms with Gasteiger partial charge >= 0.3 is 0 Å². The second kappa shape index (κ2) is 15.5. The molecule has 3 N–H and O–H groups in total. The Hall–Kier alpha value is -4.73. The Kier molecular flexibility index (Phi) is 11.2. The molecule has 0 saturated heterocycles. The van der Waals surface area contributed by atoms with E-state index in [1.165, 1.54) is 18.9 Å². The van der Waals surface area contributed by atoms with Gasteiger partial charge in [-0.3, -0.25) is 14.4 Å². The standard InChI is InChI=1S/C33H30ClN3O5S/c1-3-42-26-14-9-22(10-15-26)19-29(37-32(39)23-7-5-4-6-8-23)33(40)36-24-11-16-27(17-12-24)43-21-31(38)35-25-13-18-30(41-2)28(34)20-25/h4-20H,3,21H2,1-2H3,(H,35,38)(H,36,40)(H,37,39)/b29-19-. The summed E-state index contributed by atoms with van der Waals surface area (Å²) in [6.45, 7) is 2.44. The Bertz CT molecular complexity index is 1590. The molecule has 0 radical (unpaired) electrons. The number of rotatable bonds is 12. The van der Waals surface area contributed by atoms with Crippen molar-refractivity contribution in [3.63, 3.8) is 0 Å². The van der Waals surface area contributed by atoms with Gasteiger partial charge in [-0.25, -0.2) is 0 Å². The van der Waals surface area contributed by atoms with Crippen LogP contribution in [0, 0.1) is 0 Å². The summed E-state index contributed by atoms with van der Waals surface area (Å²) in [6.07, 6.45) is 1.60. The molecule has 0 saturated carbocycles. The number of benzene rings is 4. The summed E-state index contributed by atoms with van der Waals surface area (Å²) >= 11 is 7.47. The molecule has 4 rings (SSSR count). The van der Waals surface area contributed by atoms with E-state index < -0.39 is 11.8 Å². The Morgan fingerprint density at radius 1 is 0.860 bits per heavy atom. The first kappa shape index (κ1) is 31.2. The molecular weight excluding hydrogens is 586 g/mol. The average molecular weight is 616 g/mol. The Morgan fingerprint density at radius 2 is 1.56 bits per heavy atom. The number of carbonyl (C=O) groups excluding carboxylic acids is 3. The molecule has 220 valence electrons. The van der Waals surface area contributed by atoms with Gasteiger partial charge in [0.25, 0.3) is 11.8 Å². The van der Waals surface area contributed by atoms with Crippen molar-refractivity contribution in [3.05, 3.63) is 119 Å². The molecule has 0 unspecified atom stereocenters. The summed E-state index contributed by atoms with van der Waals surface area (Å²) < 4.78 is 10.6. The number of anilines is 2. The van der Waals surface area contributed by atoms with E-state index in [2.05, 4.69) is 16.0 Å². The molecule has 0 fully saturated rings. The summed E-state index contributed by atoms with van der Waals surface area (Å²) in [5, 5.41) is 8.77. The van der Waals surface area contributed by atoms with E-state index in [0.717, 1.165) is 4.90 Å². The van der Waals surface area contributed by atoms with Crippen molar-refractivity contribution >= 4 is 58.5 Å². The van der Waals surface area contributed by atoms with Gasteiger partial charge in [-0.15, -0.1) is 11.8 Å². The lowest BCUT2D eigenvalue weighted by molar-refractivity contribution is -0.114. The van der Waals surface area contributed by atoms with Gasteiger partial charge in [0.15, 0.2) is 0 Å². The first-order chi connectivity index (χ1) is 20.8. The lowest BCUT2D eigenvalue weighted by Crippen LogP contribution is -2.30. The van der Waals surface area contributed by atoms with Gasteiger partial charge in [-0.05, 0) is 85.3 Å². The lowest BCUT2D eigenvalue weighted by Gasteiger charge is -2.12. The highest BCUT2D eigenvalue weighted by molar-refractivity contribution is 8.00. The van der Waals surface area contributed by atoms with Crippen molar-refractivity contribution in [2.24, 2.45) is 0 Å². The third-order valence-electron chi connectivity index (χ3n) is 5.95. The Labute approximate surface area is 259 Å². The second-order valence-electron chi connectivity index (χ2n) is 9.04. The van der Waals surface area contributed by atoms with Gasteiger partial charge in [-0.1, -0.05) is 41.9 Å². The first-order valence-corrected chi connectivity index (χ1v) is 14.7. The highest BCUT2D eigenvalue weighted by atomic mass is 35.5. The number of thioether (sulfide) groups is 1. The van der Waals surface area contributed by atoms with Crippen LogP contribution in [0.5, 0.6) is 11.5 Å². The zero-order valence-corrected chi connectivity index (χ0v) is 25.1. The van der Waals surface area contributed by atoms with Crippen LogP contribution in [0.2, 0.25) is 5.02 Å². The molecule has 3 amide bonds. The van der Waals surface area contributed by atoms with Gasteiger partial charge in [0.2, 0.25) is 5.91 Å². The van der Waals surface area contributed by atoms with Crippen LogP contribution in [0.4, 0.5) is 11.4 Å². The van der Waals surface area contributed by atoms with Gasteiger partial charge in [0.05, 0.1) is 24.5 Å². The van der Waals surface area contributed by atoms with Crippen molar-refractivity contribution < 1.29 is 23.9 Å². The fourth-order valence-corrected chi connectivity index (χ4v) is 4.82. The summed E-state index contributed by atoms with van der Waals surface area (Å²) in [7, 11) is 1.52. The Balaban J connectivity index is 1.40. The molecule has 0 spiro atoms. The van der Waals surface area contributed by atoms with Crippen molar-refractivity contribution in [1.82, 2.24) is 5.32 Å². The van der Waals surface area contributed by atoms with Crippen molar-refractivity contribution in [2.45, 2.75) is 11.8 Å².